The molecule has 3 rings (SSSR count). The van der Waals surface area contributed by atoms with E-state index in [1.54, 1.807) is 38.6 Å². The molecule has 12 heteroatoms. The van der Waals surface area contributed by atoms with Crippen molar-refractivity contribution in [2.45, 2.75) is 45.8 Å². The van der Waals surface area contributed by atoms with E-state index in [1.807, 2.05) is 6.20 Å². The molecule has 40 heavy (non-hydrogen) atoms. The van der Waals surface area contributed by atoms with Crippen molar-refractivity contribution in [3.8, 4) is 0 Å². The maximum Gasteiger partial charge on any atom is 0.410 e. The number of hydrogen-bond acceptors (Lipinski definition) is 7. The highest BCUT2D eigenvalue weighted by molar-refractivity contribution is 5.95. The van der Waals surface area contributed by atoms with Gasteiger partial charge in [0.2, 0.25) is 5.91 Å². The quantitative estimate of drug-likeness (QED) is 0.349. The molecule has 0 saturated heterocycles. The number of carbonyl (C=O) groups excluding carboxylic acids is 3. The van der Waals surface area contributed by atoms with Gasteiger partial charge < -0.3 is 29.4 Å². The molecule has 3 aromatic rings. The molecule has 0 spiro atoms. The van der Waals surface area contributed by atoms with E-state index in [9.17, 15) is 19.2 Å². The van der Waals surface area contributed by atoms with Crippen molar-refractivity contribution in [2.24, 2.45) is 5.92 Å². The van der Waals surface area contributed by atoms with Crippen LogP contribution in [0, 0.1) is 5.92 Å². The molecule has 12 nitrogen and oxygen atoms in total. The lowest BCUT2D eigenvalue weighted by Crippen LogP contribution is -2.37. The van der Waals surface area contributed by atoms with Crippen LogP contribution in [0.15, 0.2) is 47.7 Å². The number of hydrogen-bond donors (Lipinski definition) is 2. The van der Waals surface area contributed by atoms with Crippen molar-refractivity contribution in [2.75, 3.05) is 33.5 Å². The Morgan fingerprint density at radius 3 is 2.58 bits per heavy atom. The number of allylic oxidation sites excluding steroid dienone is 1. The number of H-pyrrole nitrogens is 1. The van der Waals surface area contributed by atoms with Crippen LogP contribution >= 0.6 is 0 Å². The molecule has 1 atom stereocenters. The van der Waals surface area contributed by atoms with Gasteiger partial charge in [0, 0.05) is 40.6 Å². The Labute approximate surface area is 233 Å². The highest BCUT2D eigenvalue weighted by atomic mass is 16.6. The number of nitrogens with one attached hydrogen (secondary N) is 2. The fourth-order valence-electron chi connectivity index (χ4n) is 3.89. The first-order valence-electron chi connectivity index (χ1n) is 13.0. The van der Waals surface area contributed by atoms with Gasteiger partial charge in [0.15, 0.2) is 6.10 Å². The standard InChI is InChI=1S/C28H37N7O5/c1-18(2)14-19-15-29-16-21-25(19)32-23(30-21)17-35-13-9-10-20(27(35)38)31-26(37)22(40-28(39)34(5)6)11-7-8-12-24(36)33(3)4/h8-10,12-13,15-16,18,22H,7,11,14,17H2,1-6H3,(H,30,32)(H,31,37). The zero-order valence-electron chi connectivity index (χ0n) is 23.8. The number of likely N-dealkylation sites (N-methyl/N-ethyl adjacent to an activating group) is 1. The van der Waals surface area contributed by atoms with Crippen LogP contribution in [-0.4, -0.2) is 81.5 Å². The minimum Gasteiger partial charge on any atom is -0.436 e. The van der Waals surface area contributed by atoms with Crippen LogP contribution in [-0.2, 0) is 27.3 Å². The second kappa shape index (κ2) is 13.5. The number of anilines is 1. The molecule has 0 fully saturated rings. The first-order chi connectivity index (χ1) is 19.0. The minimum absolute atomic E-state index is 0.0370. The van der Waals surface area contributed by atoms with Crippen LogP contribution in [0.5, 0.6) is 0 Å². The number of ether oxygens (including phenoxy) is 1. The summed E-state index contributed by atoms with van der Waals surface area (Å²) in [4.78, 5) is 65.1. The number of imidazole rings is 1. The summed E-state index contributed by atoms with van der Waals surface area (Å²) in [5.41, 5.74) is 2.24. The summed E-state index contributed by atoms with van der Waals surface area (Å²) in [5, 5.41) is 2.60. The van der Waals surface area contributed by atoms with E-state index in [0.29, 0.717) is 18.2 Å². The maximum atomic E-state index is 13.2. The van der Waals surface area contributed by atoms with E-state index in [4.69, 9.17) is 9.72 Å². The number of amides is 3. The summed E-state index contributed by atoms with van der Waals surface area (Å²) in [7, 11) is 6.26. The molecule has 0 aromatic carbocycles. The van der Waals surface area contributed by atoms with E-state index in [1.165, 1.54) is 40.6 Å². The van der Waals surface area contributed by atoms with Gasteiger partial charge in [-0.25, -0.2) is 9.78 Å². The van der Waals surface area contributed by atoms with Gasteiger partial charge in [-0.3, -0.25) is 19.4 Å². The summed E-state index contributed by atoms with van der Waals surface area (Å²) in [6.07, 6.45) is 7.49. The third kappa shape index (κ3) is 8.01. The van der Waals surface area contributed by atoms with Crippen molar-refractivity contribution in [1.82, 2.24) is 29.3 Å². The van der Waals surface area contributed by atoms with Gasteiger partial charge in [-0.2, -0.15) is 0 Å². The molecule has 3 aromatic heterocycles. The first kappa shape index (κ1) is 30.1. The molecule has 0 aliphatic carbocycles. The number of carbonyl (C=O) groups is 3. The van der Waals surface area contributed by atoms with Crippen molar-refractivity contribution in [1.29, 1.82) is 0 Å². The molecule has 2 N–H and O–H groups in total. The van der Waals surface area contributed by atoms with Gasteiger partial charge >= 0.3 is 6.09 Å². The SMILES string of the molecule is CC(C)Cc1cncc2[nH]c(Cn3cccc(NC(=O)C(CCC=CC(=O)N(C)C)OC(=O)N(C)C)c3=O)nc12. The first-order valence-corrected chi connectivity index (χ1v) is 13.0. The van der Waals surface area contributed by atoms with Crippen LogP contribution in [0.25, 0.3) is 11.0 Å². The fraction of sp³-hybridized carbons (Fsp3) is 0.429. The Kier molecular flexibility index (Phi) is 10.2. The minimum atomic E-state index is -1.18. The van der Waals surface area contributed by atoms with Crippen molar-refractivity contribution >= 4 is 34.6 Å². The van der Waals surface area contributed by atoms with Crippen molar-refractivity contribution in [3.05, 3.63) is 64.6 Å². The molecule has 0 aliphatic heterocycles. The topological polar surface area (TPSA) is 143 Å². The van der Waals surface area contributed by atoms with Gasteiger partial charge in [-0.05, 0) is 49.0 Å². The zero-order chi connectivity index (χ0) is 29.4. The van der Waals surface area contributed by atoms with Crippen molar-refractivity contribution < 1.29 is 19.1 Å². The highest BCUT2D eigenvalue weighted by Crippen LogP contribution is 2.19. The lowest BCUT2D eigenvalue weighted by atomic mass is 10.0. The largest absolute Gasteiger partial charge is 0.436 e. The Morgan fingerprint density at radius 1 is 1.15 bits per heavy atom. The molecule has 0 saturated carbocycles. The summed E-state index contributed by atoms with van der Waals surface area (Å²) in [6.45, 7) is 4.41. The monoisotopic (exact) mass is 551 g/mol. The molecular formula is C28H37N7O5. The van der Waals surface area contributed by atoms with E-state index in [0.717, 1.165) is 23.0 Å². The fourth-order valence-corrected chi connectivity index (χ4v) is 3.89. The van der Waals surface area contributed by atoms with Gasteiger partial charge in [0.25, 0.3) is 11.5 Å². The van der Waals surface area contributed by atoms with Crippen LogP contribution < -0.4 is 10.9 Å². The van der Waals surface area contributed by atoms with E-state index >= 15 is 0 Å². The summed E-state index contributed by atoms with van der Waals surface area (Å²) in [5.74, 6) is 0.168. The smallest absolute Gasteiger partial charge is 0.410 e. The van der Waals surface area contributed by atoms with Gasteiger partial charge in [0.05, 0.1) is 23.8 Å². The number of nitrogens with zero attached hydrogens (tertiary/aromatic N) is 5. The lowest BCUT2D eigenvalue weighted by Gasteiger charge is -2.19. The number of pyridine rings is 2. The molecule has 0 aliphatic rings. The lowest BCUT2D eigenvalue weighted by molar-refractivity contribution is -0.125. The van der Waals surface area contributed by atoms with E-state index in [-0.39, 0.29) is 24.6 Å². The summed E-state index contributed by atoms with van der Waals surface area (Å²) >= 11 is 0. The van der Waals surface area contributed by atoms with Crippen LogP contribution in [0.1, 0.15) is 38.1 Å². The molecule has 0 bridgehead atoms. The van der Waals surface area contributed by atoms with Crippen LogP contribution in [0.2, 0.25) is 0 Å². The van der Waals surface area contributed by atoms with Gasteiger partial charge in [0.1, 0.15) is 11.5 Å². The highest BCUT2D eigenvalue weighted by Gasteiger charge is 2.24. The third-order valence-corrected chi connectivity index (χ3v) is 5.94. The number of aromatic amines is 1. The Bertz CT molecular complexity index is 1440. The number of aromatic nitrogens is 4. The number of rotatable bonds is 11. The Hall–Kier alpha value is -4.48. The zero-order valence-corrected chi connectivity index (χ0v) is 23.8. The molecule has 0 radical (unpaired) electrons. The Balaban J connectivity index is 1.77. The van der Waals surface area contributed by atoms with Gasteiger partial charge in [-0.1, -0.05) is 19.9 Å². The predicted molar refractivity (Wildman–Crippen MR) is 152 cm³/mol. The van der Waals surface area contributed by atoms with E-state index in [2.05, 4.69) is 29.1 Å². The predicted octanol–water partition coefficient (Wildman–Crippen LogP) is 2.80. The van der Waals surface area contributed by atoms with E-state index < -0.39 is 23.7 Å². The second-order valence-corrected chi connectivity index (χ2v) is 10.3. The molecule has 3 amide bonds. The summed E-state index contributed by atoms with van der Waals surface area (Å²) in [6, 6.07) is 3.13. The Morgan fingerprint density at radius 2 is 1.90 bits per heavy atom. The summed E-state index contributed by atoms with van der Waals surface area (Å²) < 4.78 is 6.78. The molecule has 3 heterocycles. The van der Waals surface area contributed by atoms with Crippen LogP contribution in [0.4, 0.5) is 10.5 Å². The normalized spacial score (nSPS) is 12.1. The van der Waals surface area contributed by atoms with Crippen molar-refractivity contribution in [3.63, 3.8) is 0 Å². The van der Waals surface area contributed by atoms with Gasteiger partial charge in [-0.15, -0.1) is 0 Å². The molecule has 1 unspecified atom stereocenters. The second-order valence-electron chi connectivity index (χ2n) is 10.3. The third-order valence-electron chi connectivity index (χ3n) is 5.94. The maximum absolute atomic E-state index is 13.2. The van der Waals surface area contributed by atoms with Crippen LogP contribution in [0.3, 0.4) is 0 Å². The number of fused-ring (bicyclic) bond motifs is 1. The average molecular weight is 552 g/mol. The average Bonchev–Trinajstić information content (AvgIpc) is 3.31. The molecule has 214 valence electrons. The molecular weight excluding hydrogens is 514 g/mol.